The summed E-state index contributed by atoms with van der Waals surface area (Å²) in [5, 5.41) is 5.52. The van der Waals surface area contributed by atoms with E-state index in [1.807, 2.05) is 6.92 Å². The zero-order valence-corrected chi connectivity index (χ0v) is 15.0. The lowest BCUT2D eigenvalue weighted by molar-refractivity contribution is -0.121. The number of hydrogen-bond donors (Lipinski definition) is 2. The molecule has 1 saturated heterocycles. The highest BCUT2D eigenvalue weighted by Crippen LogP contribution is 2.18. The molecule has 0 bridgehead atoms. The maximum absolute atomic E-state index is 12.6. The van der Waals surface area contributed by atoms with E-state index in [1.54, 1.807) is 31.3 Å². The molecule has 132 valence electrons. The molecule has 0 radical (unpaired) electrons. The molecule has 24 heavy (non-hydrogen) atoms. The van der Waals surface area contributed by atoms with Crippen LogP contribution >= 0.6 is 0 Å². The smallest absolute Gasteiger partial charge is 0.251 e. The Kier molecular flexibility index (Phi) is 6.34. The zero-order valence-electron chi connectivity index (χ0n) is 15.0. The Morgan fingerprint density at radius 1 is 1.33 bits per heavy atom. The van der Waals surface area contributed by atoms with Crippen molar-refractivity contribution in [2.24, 2.45) is 0 Å². The van der Waals surface area contributed by atoms with Gasteiger partial charge in [-0.2, -0.15) is 0 Å². The fourth-order valence-corrected chi connectivity index (χ4v) is 3.05. The highest BCUT2D eigenvalue weighted by molar-refractivity contribution is 5.98. The Hall–Kier alpha value is -1.92. The van der Waals surface area contributed by atoms with Crippen LogP contribution in [0, 0.1) is 0 Å². The molecular weight excluding hydrogens is 304 g/mol. The first-order chi connectivity index (χ1) is 11.4. The third-order valence-electron chi connectivity index (χ3n) is 4.70. The monoisotopic (exact) mass is 332 g/mol. The molecule has 1 aromatic carbocycles. The molecule has 1 heterocycles. The van der Waals surface area contributed by atoms with E-state index in [2.05, 4.69) is 34.5 Å². The van der Waals surface area contributed by atoms with Crippen LogP contribution in [-0.2, 0) is 4.79 Å². The van der Waals surface area contributed by atoms with Gasteiger partial charge in [0.2, 0.25) is 5.91 Å². The first-order valence-electron chi connectivity index (χ1n) is 8.46. The van der Waals surface area contributed by atoms with Crippen molar-refractivity contribution < 1.29 is 9.59 Å². The second-order valence-corrected chi connectivity index (χ2v) is 6.58. The number of piperidine rings is 1. The van der Waals surface area contributed by atoms with Crippen molar-refractivity contribution in [3.05, 3.63) is 29.8 Å². The SMILES string of the molecule is CNC(=O)c1cccc(NC(=O)C(C)N2CCCC(N(C)C)C2)c1. The van der Waals surface area contributed by atoms with Crippen LogP contribution in [0.2, 0.25) is 0 Å². The number of rotatable bonds is 5. The standard InChI is InChI=1S/C18H28N4O2/c1-13(22-10-6-9-16(12-22)21(3)4)17(23)20-15-8-5-7-14(11-15)18(24)19-2/h5,7-8,11,13,16H,6,9-10,12H2,1-4H3,(H,19,24)(H,20,23). The maximum atomic E-state index is 12.6. The minimum atomic E-state index is -0.198. The quantitative estimate of drug-likeness (QED) is 0.855. The van der Waals surface area contributed by atoms with E-state index in [9.17, 15) is 9.59 Å². The topological polar surface area (TPSA) is 64.7 Å². The summed E-state index contributed by atoms with van der Waals surface area (Å²) in [6.07, 6.45) is 2.28. The molecule has 0 saturated carbocycles. The van der Waals surface area contributed by atoms with Crippen molar-refractivity contribution in [1.29, 1.82) is 0 Å². The largest absolute Gasteiger partial charge is 0.355 e. The summed E-state index contributed by atoms with van der Waals surface area (Å²) in [5.41, 5.74) is 1.18. The fourth-order valence-electron chi connectivity index (χ4n) is 3.05. The average molecular weight is 332 g/mol. The lowest BCUT2D eigenvalue weighted by Crippen LogP contribution is -2.51. The number of carbonyl (C=O) groups excluding carboxylic acids is 2. The van der Waals surface area contributed by atoms with Crippen LogP contribution in [0.4, 0.5) is 5.69 Å². The van der Waals surface area contributed by atoms with Crippen LogP contribution in [-0.4, -0.2) is 67.9 Å². The molecule has 0 spiro atoms. The van der Waals surface area contributed by atoms with Gasteiger partial charge in [0.25, 0.3) is 5.91 Å². The number of likely N-dealkylation sites (tertiary alicyclic amines) is 1. The van der Waals surface area contributed by atoms with E-state index in [-0.39, 0.29) is 17.9 Å². The van der Waals surface area contributed by atoms with Crippen LogP contribution in [0.3, 0.4) is 0 Å². The Balaban J connectivity index is 2.00. The molecule has 6 nitrogen and oxygen atoms in total. The van der Waals surface area contributed by atoms with Crippen molar-refractivity contribution in [2.75, 3.05) is 39.5 Å². The molecule has 0 aromatic heterocycles. The van der Waals surface area contributed by atoms with Crippen molar-refractivity contribution in [3.63, 3.8) is 0 Å². The van der Waals surface area contributed by atoms with Gasteiger partial charge in [0.15, 0.2) is 0 Å². The molecule has 0 aliphatic carbocycles. The summed E-state index contributed by atoms with van der Waals surface area (Å²) in [7, 11) is 5.76. The zero-order chi connectivity index (χ0) is 17.7. The summed E-state index contributed by atoms with van der Waals surface area (Å²) >= 11 is 0. The highest BCUT2D eigenvalue weighted by Gasteiger charge is 2.28. The second-order valence-electron chi connectivity index (χ2n) is 6.58. The number of anilines is 1. The third kappa shape index (κ3) is 4.55. The molecule has 1 aromatic rings. The van der Waals surface area contributed by atoms with Gasteiger partial charge in [0.1, 0.15) is 0 Å². The van der Waals surface area contributed by atoms with E-state index in [4.69, 9.17) is 0 Å². The molecule has 2 N–H and O–H groups in total. The van der Waals surface area contributed by atoms with E-state index >= 15 is 0 Å². The molecule has 2 amide bonds. The number of hydrogen-bond acceptors (Lipinski definition) is 4. The Morgan fingerprint density at radius 2 is 2.08 bits per heavy atom. The van der Waals surface area contributed by atoms with E-state index < -0.39 is 0 Å². The Labute approximate surface area is 144 Å². The molecular formula is C18H28N4O2. The first-order valence-corrected chi connectivity index (χ1v) is 8.46. The number of benzene rings is 1. The van der Waals surface area contributed by atoms with Crippen molar-refractivity contribution in [1.82, 2.24) is 15.1 Å². The Bertz CT molecular complexity index is 588. The summed E-state index contributed by atoms with van der Waals surface area (Å²) in [6, 6.07) is 7.29. The second kappa shape index (κ2) is 8.26. The molecule has 2 atom stereocenters. The van der Waals surface area contributed by atoms with Gasteiger partial charge in [-0.1, -0.05) is 6.07 Å². The summed E-state index contributed by atoms with van der Waals surface area (Å²) in [4.78, 5) is 28.7. The molecule has 2 rings (SSSR count). The van der Waals surface area contributed by atoms with Gasteiger partial charge in [-0.25, -0.2) is 0 Å². The number of amides is 2. The predicted molar refractivity (Wildman–Crippen MR) is 96.2 cm³/mol. The predicted octanol–water partition coefficient (Wildman–Crippen LogP) is 1.40. The molecule has 6 heteroatoms. The summed E-state index contributed by atoms with van der Waals surface area (Å²) < 4.78 is 0. The lowest BCUT2D eigenvalue weighted by Gasteiger charge is -2.38. The first kappa shape index (κ1) is 18.4. The van der Waals surface area contributed by atoms with Gasteiger partial charge in [-0.15, -0.1) is 0 Å². The van der Waals surface area contributed by atoms with Gasteiger partial charge in [-0.3, -0.25) is 14.5 Å². The van der Waals surface area contributed by atoms with Crippen LogP contribution < -0.4 is 10.6 Å². The number of carbonyl (C=O) groups is 2. The van der Waals surface area contributed by atoms with Crippen LogP contribution in [0.25, 0.3) is 0 Å². The minimum Gasteiger partial charge on any atom is -0.355 e. The molecule has 1 aliphatic rings. The third-order valence-corrected chi connectivity index (χ3v) is 4.70. The summed E-state index contributed by atoms with van der Waals surface area (Å²) in [6.45, 7) is 3.78. The molecule has 1 fully saturated rings. The molecule has 1 aliphatic heterocycles. The minimum absolute atomic E-state index is 0.0385. The van der Waals surface area contributed by atoms with Gasteiger partial charge in [-0.05, 0) is 58.6 Å². The van der Waals surface area contributed by atoms with Gasteiger partial charge in [0.05, 0.1) is 6.04 Å². The van der Waals surface area contributed by atoms with E-state index in [0.717, 1.165) is 19.5 Å². The lowest BCUT2D eigenvalue weighted by atomic mass is 10.0. The summed E-state index contributed by atoms with van der Waals surface area (Å²) in [5.74, 6) is -0.201. The van der Waals surface area contributed by atoms with E-state index in [1.165, 1.54) is 6.42 Å². The van der Waals surface area contributed by atoms with E-state index in [0.29, 0.717) is 17.3 Å². The van der Waals surface area contributed by atoms with Crippen molar-refractivity contribution >= 4 is 17.5 Å². The fraction of sp³-hybridized carbons (Fsp3) is 0.556. The van der Waals surface area contributed by atoms with Gasteiger partial charge in [0, 0.05) is 30.9 Å². The number of nitrogens with one attached hydrogen (secondary N) is 2. The number of likely N-dealkylation sites (N-methyl/N-ethyl adjacent to an activating group) is 1. The van der Waals surface area contributed by atoms with Crippen LogP contribution in [0.1, 0.15) is 30.1 Å². The maximum Gasteiger partial charge on any atom is 0.251 e. The van der Waals surface area contributed by atoms with Crippen LogP contribution in [0.15, 0.2) is 24.3 Å². The normalized spacial score (nSPS) is 19.8. The van der Waals surface area contributed by atoms with Crippen molar-refractivity contribution in [3.8, 4) is 0 Å². The van der Waals surface area contributed by atoms with Gasteiger partial charge < -0.3 is 15.5 Å². The van der Waals surface area contributed by atoms with Crippen molar-refractivity contribution in [2.45, 2.75) is 31.8 Å². The average Bonchev–Trinajstić information content (AvgIpc) is 2.60. The Morgan fingerprint density at radius 3 is 2.75 bits per heavy atom. The number of nitrogens with zero attached hydrogens (tertiary/aromatic N) is 2. The molecule has 2 unspecified atom stereocenters. The van der Waals surface area contributed by atoms with Crippen LogP contribution in [0.5, 0.6) is 0 Å². The highest BCUT2D eigenvalue weighted by atomic mass is 16.2. The van der Waals surface area contributed by atoms with Gasteiger partial charge >= 0.3 is 0 Å².